The molecule has 0 aliphatic carbocycles. The van der Waals surface area contributed by atoms with E-state index < -0.39 is 27.0 Å². The minimum atomic E-state index is -2.63. The maximum Gasteiger partial charge on any atom is 0.500 e. The summed E-state index contributed by atoms with van der Waals surface area (Å²) in [6.45, 7) is 7.59. The number of nitrogens with one attached hydrogen (secondary N) is 2. The molecule has 0 bridgehead atoms. The second kappa shape index (κ2) is 22.9. The fraction of sp³-hybridized carbons (Fsp3) is 0.773. The van der Waals surface area contributed by atoms with Crippen LogP contribution in [-0.4, -0.2) is 121 Å². The van der Waals surface area contributed by atoms with Crippen LogP contribution in [0.1, 0.15) is 13.3 Å². The van der Waals surface area contributed by atoms with E-state index in [0.29, 0.717) is 45.4 Å². The largest absolute Gasteiger partial charge is 0.500 e. The lowest BCUT2D eigenvalue weighted by molar-refractivity contribution is -0.138. The zero-order chi connectivity index (χ0) is 27.8. The molecule has 216 valence electrons. The first-order chi connectivity index (χ1) is 17.8. The van der Waals surface area contributed by atoms with Gasteiger partial charge in [0.2, 0.25) is 0 Å². The molecule has 0 aromatic rings. The molecule has 0 aliphatic rings. The summed E-state index contributed by atoms with van der Waals surface area (Å²) in [5.74, 6) is -0.513. The third kappa shape index (κ3) is 19.5. The molecule has 0 unspecified atom stereocenters. The molecular formula is C22H42N2O12Si. The smallest absolute Gasteiger partial charge is 0.460 e. The molecule has 37 heavy (non-hydrogen) atoms. The molecular weight excluding hydrogens is 512 g/mol. The quantitative estimate of drug-likeness (QED) is 0.0605. The van der Waals surface area contributed by atoms with Gasteiger partial charge in [-0.15, -0.1) is 0 Å². The summed E-state index contributed by atoms with van der Waals surface area (Å²) >= 11 is 0. The van der Waals surface area contributed by atoms with Gasteiger partial charge in [-0.05, 0) is 13.3 Å². The molecule has 0 aromatic carbocycles. The first-order valence-corrected chi connectivity index (χ1v) is 13.8. The van der Waals surface area contributed by atoms with Gasteiger partial charge in [-0.25, -0.2) is 14.4 Å². The SMILES string of the molecule is C=C(C)C(=O)OCCNC(=O)OCCOCCOCCOCCOC(=O)NCCC[Si](OC)(OC)OC. The van der Waals surface area contributed by atoms with Crippen molar-refractivity contribution < 1.29 is 56.1 Å². The van der Waals surface area contributed by atoms with Crippen molar-refractivity contribution in [2.45, 2.75) is 19.4 Å². The van der Waals surface area contributed by atoms with Crippen molar-refractivity contribution >= 4 is 27.0 Å². The molecule has 0 saturated heterocycles. The summed E-state index contributed by atoms with van der Waals surface area (Å²) in [5.41, 5.74) is 0.289. The van der Waals surface area contributed by atoms with Gasteiger partial charge in [0.25, 0.3) is 0 Å². The Hall–Kier alpha value is -2.27. The second-order valence-corrected chi connectivity index (χ2v) is 10.4. The molecule has 0 aliphatic heterocycles. The van der Waals surface area contributed by atoms with E-state index in [1.807, 2.05) is 0 Å². The fourth-order valence-electron chi connectivity index (χ4n) is 2.50. The summed E-state index contributed by atoms with van der Waals surface area (Å²) in [6, 6.07) is 0.577. The number of hydrogen-bond donors (Lipinski definition) is 2. The van der Waals surface area contributed by atoms with Crippen molar-refractivity contribution in [1.82, 2.24) is 10.6 Å². The van der Waals surface area contributed by atoms with E-state index in [-0.39, 0.29) is 45.2 Å². The Bertz CT molecular complexity index is 641. The maximum absolute atomic E-state index is 11.6. The van der Waals surface area contributed by atoms with Crippen LogP contribution in [0.15, 0.2) is 12.2 Å². The number of rotatable bonds is 23. The van der Waals surface area contributed by atoms with Crippen LogP contribution in [-0.2, 0) is 46.5 Å². The van der Waals surface area contributed by atoms with Crippen LogP contribution in [0.4, 0.5) is 9.59 Å². The van der Waals surface area contributed by atoms with Gasteiger partial charge in [0, 0.05) is 39.5 Å². The van der Waals surface area contributed by atoms with E-state index in [0.717, 1.165) is 0 Å². The van der Waals surface area contributed by atoms with Gasteiger partial charge >= 0.3 is 27.0 Å². The highest BCUT2D eigenvalue weighted by atomic mass is 28.4. The lowest BCUT2D eigenvalue weighted by Gasteiger charge is -2.24. The molecule has 2 N–H and O–H groups in total. The van der Waals surface area contributed by atoms with Crippen LogP contribution in [0.3, 0.4) is 0 Å². The summed E-state index contributed by atoms with van der Waals surface area (Å²) in [4.78, 5) is 34.2. The van der Waals surface area contributed by atoms with Crippen LogP contribution in [0.2, 0.25) is 6.04 Å². The molecule has 0 atom stereocenters. The van der Waals surface area contributed by atoms with Gasteiger partial charge in [0.15, 0.2) is 0 Å². The third-order valence-corrected chi connectivity index (χ3v) is 7.31. The first-order valence-electron chi connectivity index (χ1n) is 11.8. The van der Waals surface area contributed by atoms with Crippen molar-refractivity contribution in [3.63, 3.8) is 0 Å². The molecule has 14 nitrogen and oxygen atoms in total. The van der Waals surface area contributed by atoms with E-state index in [1.54, 1.807) is 21.3 Å². The van der Waals surface area contributed by atoms with Gasteiger partial charge in [-0.3, -0.25) is 0 Å². The summed E-state index contributed by atoms with van der Waals surface area (Å²) in [5, 5.41) is 5.08. The molecule has 15 heteroatoms. The Labute approximate surface area is 219 Å². The minimum absolute atomic E-state index is 0.0311. The van der Waals surface area contributed by atoms with Crippen molar-refractivity contribution in [3.05, 3.63) is 12.2 Å². The monoisotopic (exact) mass is 554 g/mol. The standard InChI is InChI=1S/C22H42N2O12Si/c1-19(2)20(25)34-9-8-24-22(27)36-17-15-33-13-11-31-10-12-32-14-16-35-21(26)23-7-6-18-37(28-3,29-4)30-5/h1,6-18H2,2-5H3,(H,23,26)(H,24,27). The highest BCUT2D eigenvalue weighted by Crippen LogP contribution is 2.14. The normalized spacial score (nSPS) is 11.0. The molecule has 0 radical (unpaired) electrons. The maximum atomic E-state index is 11.6. The molecule has 0 fully saturated rings. The van der Waals surface area contributed by atoms with Crippen LogP contribution in [0.5, 0.6) is 0 Å². The third-order valence-electron chi connectivity index (χ3n) is 4.48. The van der Waals surface area contributed by atoms with E-state index in [1.165, 1.54) is 6.92 Å². The Balaban J connectivity index is 3.42. The highest BCUT2D eigenvalue weighted by molar-refractivity contribution is 6.60. The Morgan fingerprint density at radius 1 is 0.649 bits per heavy atom. The van der Waals surface area contributed by atoms with Gasteiger partial charge in [-0.1, -0.05) is 6.58 Å². The minimum Gasteiger partial charge on any atom is -0.460 e. The predicted octanol–water partition coefficient (Wildman–Crippen LogP) is 0.876. The Kier molecular flexibility index (Phi) is 21.5. The van der Waals surface area contributed by atoms with Crippen LogP contribution in [0, 0.1) is 0 Å². The van der Waals surface area contributed by atoms with E-state index in [9.17, 15) is 14.4 Å². The number of amides is 2. The molecule has 0 spiro atoms. The number of carbonyl (C=O) groups excluding carboxylic acids is 3. The predicted molar refractivity (Wildman–Crippen MR) is 133 cm³/mol. The summed E-state index contributed by atoms with van der Waals surface area (Å²) in [7, 11) is 2.00. The highest BCUT2D eigenvalue weighted by Gasteiger charge is 2.36. The van der Waals surface area contributed by atoms with Crippen LogP contribution >= 0.6 is 0 Å². The van der Waals surface area contributed by atoms with Gasteiger partial charge in [0.05, 0.1) is 46.2 Å². The van der Waals surface area contributed by atoms with E-state index in [4.69, 9.17) is 41.7 Å². The average Bonchev–Trinajstić information content (AvgIpc) is 2.89. The van der Waals surface area contributed by atoms with Crippen LogP contribution in [0.25, 0.3) is 0 Å². The molecule has 0 saturated carbocycles. The van der Waals surface area contributed by atoms with Crippen molar-refractivity contribution in [1.29, 1.82) is 0 Å². The summed E-state index contributed by atoms with van der Waals surface area (Å²) in [6.07, 6.45) is -0.525. The van der Waals surface area contributed by atoms with Crippen molar-refractivity contribution in [3.8, 4) is 0 Å². The summed E-state index contributed by atoms with van der Waals surface area (Å²) < 4.78 is 46.6. The zero-order valence-corrected chi connectivity index (χ0v) is 23.3. The fourth-order valence-corrected chi connectivity index (χ4v) is 4.22. The Morgan fingerprint density at radius 2 is 1.08 bits per heavy atom. The number of hydrogen-bond acceptors (Lipinski definition) is 12. The number of ether oxygens (including phenoxy) is 6. The van der Waals surface area contributed by atoms with E-state index >= 15 is 0 Å². The molecule has 2 amide bonds. The van der Waals surface area contributed by atoms with Crippen LogP contribution < -0.4 is 10.6 Å². The average molecular weight is 555 g/mol. The van der Waals surface area contributed by atoms with Gasteiger partial charge in [0.1, 0.15) is 19.8 Å². The topological polar surface area (TPSA) is 158 Å². The first kappa shape index (κ1) is 34.7. The molecule has 0 heterocycles. The van der Waals surface area contributed by atoms with Gasteiger partial charge < -0.3 is 52.3 Å². The lowest BCUT2D eigenvalue weighted by atomic mass is 10.4. The van der Waals surface area contributed by atoms with Crippen molar-refractivity contribution in [2.75, 3.05) is 93.9 Å². The number of esters is 1. The van der Waals surface area contributed by atoms with Crippen molar-refractivity contribution in [2.24, 2.45) is 0 Å². The molecule has 0 aromatic heterocycles. The second-order valence-electron chi connectivity index (χ2n) is 7.28. The van der Waals surface area contributed by atoms with Gasteiger partial charge in [-0.2, -0.15) is 0 Å². The zero-order valence-electron chi connectivity index (χ0n) is 22.3. The van der Waals surface area contributed by atoms with E-state index in [2.05, 4.69) is 17.2 Å². The molecule has 0 rings (SSSR count). The number of carbonyl (C=O) groups is 3. The number of alkyl carbamates (subject to hydrolysis) is 2. The lowest BCUT2D eigenvalue weighted by Crippen LogP contribution is -2.43. The Morgan fingerprint density at radius 3 is 1.51 bits per heavy atom.